The lowest BCUT2D eigenvalue weighted by Crippen LogP contribution is -2.54. The Morgan fingerprint density at radius 1 is 0.884 bits per heavy atom. The lowest BCUT2D eigenvalue weighted by Gasteiger charge is -2.57. The van der Waals surface area contributed by atoms with E-state index in [1.165, 1.54) is 49.7 Å². The fourth-order valence-electron chi connectivity index (χ4n) is 8.13. The summed E-state index contributed by atoms with van der Waals surface area (Å²) in [5, 5.41) is 2.37. The summed E-state index contributed by atoms with van der Waals surface area (Å²) in [5.41, 5.74) is 4.89. The van der Waals surface area contributed by atoms with Gasteiger partial charge in [0.1, 0.15) is 17.9 Å². The van der Waals surface area contributed by atoms with E-state index in [4.69, 9.17) is 4.74 Å². The van der Waals surface area contributed by atoms with Crippen LogP contribution < -0.4 is 15.0 Å². The van der Waals surface area contributed by atoms with Gasteiger partial charge in [-0.2, -0.15) is 0 Å². The molecule has 0 atom stereocenters. The molecule has 0 radical (unpaired) electrons. The third-order valence-electron chi connectivity index (χ3n) is 9.71. The van der Waals surface area contributed by atoms with Crippen LogP contribution in [0.25, 0.3) is 6.08 Å². The average molecular weight is 798 g/mol. The van der Waals surface area contributed by atoms with E-state index in [2.05, 4.69) is 81.7 Å². The monoisotopic (exact) mass is 798 g/mol. The van der Waals surface area contributed by atoms with Crippen molar-refractivity contribution in [3.63, 3.8) is 0 Å². The maximum absolute atomic E-state index is 13.6. The predicted molar refractivity (Wildman–Crippen MR) is 183 cm³/mol. The fourth-order valence-corrected chi connectivity index (χ4v) is 10.3. The van der Waals surface area contributed by atoms with Crippen molar-refractivity contribution in [3.8, 4) is 5.75 Å². The Morgan fingerprint density at radius 2 is 1.47 bits per heavy atom. The quantitative estimate of drug-likeness (QED) is 0.156. The molecule has 8 rings (SSSR count). The summed E-state index contributed by atoms with van der Waals surface area (Å²) in [5.74, 6) is 1.93. The molecule has 1 heterocycles. The molecule has 1 aliphatic heterocycles. The molecule has 6 nitrogen and oxygen atoms in total. The number of halogens is 2. The van der Waals surface area contributed by atoms with Gasteiger partial charge in [0.15, 0.2) is 0 Å². The molecule has 0 spiro atoms. The lowest BCUT2D eigenvalue weighted by molar-refractivity contribution is -0.122. The average Bonchev–Trinajstić information content (AvgIpc) is 2.95. The van der Waals surface area contributed by atoms with Gasteiger partial charge in [0.25, 0.3) is 11.8 Å². The molecule has 1 saturated heterocycles. The van der Waals surface area contributed by atoms with Gasteiger partial charge in [-0.1, -0.05) is 42.0 Å². The van der Waals surface area contributed by atoms with Crippen molar-refractivity contribution >= 4 is 74.8 Å². The Bertz CT molecular complexity index is 1600. The molecule has 0 aromatic heterocycles. The highest BCUT2D eigenvalue weighted by molar-refractivity contribution is 14.1. The molecule has 4 aliphatic carbocycles. The van der Waals surface area contributed by atoms with Crippen LogP contribution in [0.4, 0.5) is 10.5 Å². The van der Waals surface area contributed by atoms with Crippen LogP contribution in [-0.4, -0.2) is 17.8 Å². The van der Waals surface area contributed by atoms with E-state index in [1.807, 2.05) is 36.4 Å². The highest BCUT2D eigenvalue weighted by atomic mass is 127. The van der Waals surface area contributed by atoms with Crippen molar-refractivity contribution in [1.82, 2.24) is 5.32 Å². The van der Waals surface area contributed by atoms with Gasteiger partial charge >= 0.3 is 6.03 Å². The Balaban J connectivity index is 1.11. The van der Waals surface area contributed by atoms with Crippen molar-refractivity contribution in [3.05, 3.63) is 95.6 Å². The number of carbonyl (C=O) groups excluding carboxylic acids is 3. The summed E-state index contributed by atoms with van der Waals surface area (Å²) in [7, 11) is 0. The van der Waals surface area contributed by atoms with Crippen LogP contribution in [0.15, 0.2) is 66.2 Å². The summed E-state index contributed by atoms with van der Waals surface area (Å²) in [6.07, 6.45) is 9.43. The topological polar surface area (TPSA) is 75.7 Å². The third kappa shape index (κ3) is 5.54. The first kappa shape index (κ1) is 29.0. The SMILES string of the molecule is Cc1ccc(COc2c(I)cc(/C=C3\C(=O)NC(=O)N(c4ccc(C56CC7CC(CC(C7)C5)C6)cc4)C3=O)cc2I)cc1. The van der Waals surface area contributed by atoms with E-state index in [0.717, 1.165) is 41.1 Å². The number of nitrogens with one attached hydrogen (secondary N) is 1. The van der Waals surface area contributed by atoms with Gasteiger partial charge < -0.3 is 4.74 Å². The normalized spacial score (nSPS) is 27.1. The van der Waals surface area contributed by atoms with Crippen molar-refractivity contribution in [2.45, 2.75) is 57.5 Å². The molecule has 0 unspecified atom stereocenters. The molecule has 5 fully saturated rings. The first-order valence-corrected chi connectivity index (χ1v) is 17.0. The molecular formula is C35H32I2N2O4. The maximum Gasteiger partial charge on any atom is 0.335 e. The fraction of sp³-hybridized carbons (Fsp3) is 0.343. The van der Waals surface area contributed by atoms with Crippen LogP contribution >= 0.6 is 45.2 Å². The Morgan fingerprint density at radius 3 is 2.05 bits per heavy atom. The lowest BCUT2D eigenvalue weighted by atomic mass is 9.48. The summed E-state index contributed by atoms with van der Waals surface area (Å²) in [6, 6.07) is 19.2. The van der Waals surface area contributed by atoms with Crippen molar-refractivity contribution < 1.29 is 19.1 Å². The molecule has 220 valence electrons. The first-order chi connectivity index (χ1) is 20.7. The number of hydrogen-bond acceptors (Lipinski definition) is 4. The van der Waals surface area contributed by atoms with Gasteiger partial charge in [0.05, 0.1) is 12.8 Å². The number of nitrogens with zero attached hydrogens (tertiary/aromatic N) is 1. The molecule has 4 saturated carbocycles. The van der Waals surface area contributed by atoms with Crippen LogP contribution in [0.3, 0.4) is 0 Å². The Kier molecular flexibility index (Phi) is 7.64. The second-order valence-electron chi connectivity index (χ2n) is 12.8. The molecule has 4 amide bonds. The van der Waals surface area contributed by atoms with Crippen LogP contribution in [0.5, 0.6) is 5.75 Å². The molecule has 1 N–H and O–H groups in total. The summed E-state index contributed by atoms with van der Waals surface area (Å²) in [4.78, 5) is 40.5. The van der Waals surface area contributed by atoms with Gasteiger partial charge in [-0.3, -0.25) is 14.9 Å². The van der Waals surface area contributed by atoms with E-state index in [9.17, 15) is 14.4 Å². The van der Waals surface area contributed by atoms with E-state index in [0.29, 0.717) is 17.9 Å². The molecule has 3 aromatic rings. The second-order valence-corrected chi connectivity index (χ2v) is 15.1. The number of barbiturate groups is 1. The largest absolute Gasteiger partial charge is 0.487 e. The van der Waals surface area contributed by atoms with E-state index in [-0.39, 0.29) is 11.0 Å². The number of amides is 4. The molecule has 4 bridgehead atoms. The van der Waals surface area contributed by atoms with E-state index >= 15 is 0 Å². The number of rotatable bonds is 6. The number of imide groups is 2. The highest BCUT2D eigenvalue weighted by Crippen LogP contribution is 2.60. The maximum atomic E-state index is 13.6. The highest BCUT2D eigenvalue weighted by Gasteiger charge is 2.51. The molecule has 3 aromatic carbocycles. The van der Waals surface area contributed by atoms with Gasteiger partial charge in [0.2, 0.25) is 0 Å². The number of ether oxygens (including phenoxy) is 1. The molecule has 5 aliphatic rings. The Hall–Kier alpha value is -2.73. The number of carbonyl (C=O) groups is 3. The predicted octanol–water partition coefficient (Wildman–Crippen LogP) is 7.92. The zero-order chi connectivity index (χ0) is 29.9. The van der Waals surface area contributed by atoms with Crippen LogP contribution in [0.1, 0.15) is 60.8 Å². The number of benzene rings is 3. The minimum atomic E-state index is -0.723. The van der Waals surface area contributed by atoms with Gasteiger partial charge in [-0.15, -0.1) is 0 Å². The van der Waals surface area contributed by atoms with Gasteiger partial charge in [0, 0.05) is 0 Å². The summed E-state index contributed by atoms with van der Waals surface area (Å²) >= 11 is 4.41. The second kappa shape index (κ2) is 11.3. The van der Waals surface area contributed by atoms with Crippen molar-refractivity contribution in [2.75, 3.05) is 4.90 Å². The van der Waals surface area contributed by atoms with Crippen LogP contribution in [0, 0.1) is 31.8 Å². The number of urea groups is 1. The standard InChI is InChI=1S/C35H32I2N2O4/c1-20-2-4-21(5-3-20)19-43-31-29(36)14-22(15-30(31)37)13-28-32(40)38-34(42)39(33(28)41)27-8-6-26(7-9-27)35-16-23-10-24(17-35)12-25(11-23)18-35/h2-9,13-15,23-25H,10-12,16-19H2,1H3,(H,38,40,42)/b28-13+. The van der Waals surface area contributed by atoms with Gasteiger partial charge in [-0.25, -0.2) is 9.69 Å². The molecule has 8 heteroatoms. The van der Waals surface area contributed by atoms with E-state index in [1.54, 1.807) is 6.08 Å². The van der Waals surface area contributed by atoms with Gasteiger partial charge in [-0.05, 0) is 161 Å². The van der Waals surface area contributed by atoms with E-state index < -0.39 is 17.8 Å². The molecular weight excluding hydrogens is 766 g/mol. The minimum absolute atomic E-state index is 0.0790. The van der Waals surface area contributed by atoms with Crippen molar-refractivity contribution in [1.29, 1.82) is 0 Å². The zero-order valence-electron chi connectivity index (χ0n) is 23.9. The zero-order valence-corrected chi connectivity index (χ0v) is 28.2. The smallest absolute Gasteiger partial charge is 0.335 e. The van der Waals surface area contributed by atoms with Crippen LogP contribution in [0.2, 0.25) is 0 Å². The molecule has 43 heavy (non-hydrogen) atoms. The van der Waals surface area contributed by atoms with Crippen molar-refractivity contribution in [2.24, 2.45) is 17.8 Å². The third-order valence-corrected chi connectivity index (χ3v) is 11.3. The number of anilines is 1. The minimum Gasteiger partial charge on any atom is -0.487 e. The number of aryl methyl sites for hydroxylation is 1. The first-order valence-electron chi connectivity index (χ1n) is 14.9. The summed E-state index contributed by atoms with van der Waals surface area (Å²) < 4.78 is 7.84. The Labute approximate surface area is 278 Å². The number of hydrogen-bond donors (Lipinski definition) is 1. The summed E-state index contributed by atoms with van der Waals surface area (Å²) in [6.45, 7) is 2.49. The van der Waals surface area contributed by atoms with Crippen LogP contribution in [-0.2, 0) is 21.6 Å².